The van der Waals surface area contributed by atoms with E-state index in [-0.39, 0.29) is 92.9 Å². The van der Waals surface area contributed by atoms with E-state index in [9.17, 15) is 23.6 Å². The van der Waals surface area contributed by atoms with Crippen molar-refractivity contribution in [1.29, 1.82) is 0 Å². The molecular weight excluding hydrogens is 955 g/mol. The first-order valence-corrected chi connectivity index (χ1v) is 26.6. The van der Waals surface area contributed by atoms with Crippen LogP contribution in [0.25, 0.3) is 11.1 Å². The second-order valence-corrected chi connectivity index (χ2v) is 19.9. The minimum absolute atomic E-state index is 0. The van der Waals surface area contributed by atoms with Crippen LogP contribution in [0.5, 0.6) is 0 Å². The predicted molar refractivity (Wildman–Crippen MR) is 295 cm³/mol. The zero-order valence-electron chi connectivity index (χ0n) is 46.2. The Morgan fingerprint density at radius 1 is 1.00 bits per heavy atom. The number of halogens is 1. The van der Waals surface area contributed by atoms with Crippen molar-refractivity contribution in [3.63, 3.8) is 0 Å². The Balaban J connectivity index is 0.000000226. The van der Waals surface area contributed by atoms with Gasteiger partial charge in [-0.2, -0.15) is 18.9 Å². The second-order valence-electron chi connectivity index (χ2n) is 19.9. The Kier molecular flexibility index (Phi) is 22.7. The number of carbonyl (C=O) groups is 3. The molecule has 3 unspecified atom stereocenters. The fourth-order valence-electron chi connectivity index (χ4n) is 10.7. The number of hydrogen-bond donors (Lipinski definition) is 3. The molecule has 1 aliphatic carbocycles. The van der Waals surface area contributed by atoms with Gasteiger partial charge >= 0.3 is 51.4 Å². The number of anilines is 3. The van der Waals surface area contributed by atoms with E-state index >= 15 is 0 Å². The van der Waals surface area contributed by atoms with Crippen LogP contribution in [0.2, 0.25) is 0 Å². The summed E-state index contributed by atoms with van der Waals surface area (Å²) in [6, 6.07) is 15.6. The molecule has 3 atom stereocenters. The van der Waals surface area contributed by atoms with Crippen LogP contribution in [-0.4, -0.2) is 95.2 Å². The average molecular weight is 1040 g/mol. The molecule has 1 spiro atoms. The fraction of sp³-hybridized carbons (Fsp3) is 0.483. The molecule has 2 aromatic carbocycles. The van der Waals surface area contributed by atoms with E-state index in [1.54, 1.807) is 17.3 Å². The molecule has 0 bridgehead atoms. The van der Waals surface area contributed by atoms with Crippen LogP contribution in [0.15, 0.2) is 66.9 Å². The maximum atomic E-state index is 14.7. The predicted octanol–water partition coefficient (Wildman–Crippen LogP) is 7.84. The molecule has 1 saturated heterocycles. The summed E-state index contributed by atoms with van der Waals surface area (Å²) in [6.07, 6.45) is 15.7. The number of amides is 3. The molecule has 2 aromatic heterocycles. The van der Waals surface area contributed by atoms with Crippen LogP contribution in [0.3, 0.4) is 0 Å². The zero-order valence-corrected chi connectivity index (χ0v) is 49.3. The Bertz CT molecular complexity index is 2630. The molecule has 4 aliphatic heterocycles. The van der Waals surface area contributed by atoms with E-state index in [4.69, 9.17) is 0 Å². The largest absolute Gasteiger partial charge is 1.00 e. The van der Waals surface area contributed by atoms with Crippen molar-refractivity contribution in [1.82, 2.24) is 24.7 Å². The first-order chi connectivity index (χ1) is 35.1. The number of imide groups is 1. The smallest absolute Gasteiger partial charge is 0.376 e. The SMILES string of the molecule is CC.CNc1ccc(C2=CCNc3c2cc(C(C)N2CC=C(c4c(C)cc([C-]=O)cc4F)CC2)n3C)cn1.Cc1ccc2c(c1)C1(CC1)C(=O)N2C1CCC(=O)NC1=O.[CH2-]CC(C[CH2-])CN(CCC)C(C)CC.[K+]. The molecule has 4 aromatic rings. The molecule has 3 N–H and O–H groups in total. The van der Waals surface area contributed by atoms with Crippen molar-refractivity contribution >= 4 is 52.5 Å². The maximum absolute atomic E-state index is 14.7. The summed E-state index contributed by atoms with van der Waals surface area (Å²) >= 11 is 0. The number of aryl methyl sites for hydroxylation is 2. The van der Waals surface area contributed by atoms with Gasteiger partial charge in [0.2, 0.25) is 17.7 Å². The van der Waals surface area contributed by atoms with Gasteiger partial charge in [-0.05, 0) is 119 Å². The molecule has 5 aliphatic rings. The van der Waals surface area contributed by atoms with Crippen LogP contribution >= 0.6 is 0 Å². The number of pyridine rings is 1. The zero-order chi connectivity index (χ0) is 53.1. The number of hydrogen-bond acceptors (Lipinski definition) is 9. The standard InChI is InChI=1S/C29H31FN5O.C16H16N2O3.C13H27N.C2H6.K/c1-18-13-20(17-36)14-25(30)28(18)21-8-11-35(12-9-21)19(2)26-15-24-23(7-10-32-29(24)34(26)4)22-5-6-27(31-3)33-16-22;1-9-2-3-11-10(8-9)16(6-7-16)15(21)18(11)12-4-5-13(19)17-14(12)20;1-6-10-14(12(5)7-2)11-13(8-3)9-4;1-2;/h5-8,13-16,19,32H,9-12H2,1-4H3,(H,31,33);2-3,8,12H,4-7H2,1H3,(H,17,19,20);12-13H,3-4,6-11H2,1-2,5H3;1-2H3;/q-1;;-2;;+1. The summed E-state index contributed by atoms with van der Waals surface area (Å²) in [5.74, 6) is 1.70. The van der Waals surface area contributed by atoms with Gasteiger partial charge in [0.05, 0.1) is 17.5 Å². The van der Waals surface area contributed by atoms with Gasteiger partial charge in [0, 0.05) is 80.9 Å². The molecule has 0 radical (unpaired) electrons. The van der Waals surface area contributed by atoms with Gasteiger partial charge in [-0.15, -0.1) is 11.6 Å². The summed E-state index contributed by atoms with van der Waals surface area (Å²) in [7, 11) is 3.98. The van der Waals surface area contributed by atoms with Gasteiger partial charge in [-0.3, -0.25) is 29.5 Å². The van der Waals surface area contributed by atoms with Crippen molar-refractivity contribution < 1.29 is 75.0 Å². The van der Waals surface area contributed by atoms with Crippen LogP contribution in [0.1, 0.15) is 150 Å². The number of carbonyl (C=O) groups excluding carboxylic acids is 4. The van der Waals surface area contributed by atoms with Gasteiger partial charge in [-0.25, -0.2) is 9.37 Å². The summed E-state index contributed by atoms with van der Waals surface area (Å²) in [4.78, 5) is 58.3. The first-order valence-electron chi connectivity index (χ1n) is 26.6. The third kappa shape index (κ3) is 13.4. The quantitative estimate of drug-likeness (QED) is 0.0620. The van der Waals surface area contributed by atoms with Crippen molar-refractivity contribution in [2.45, 2.75) is 137 Å². The number of nitrogens with one attached hydrogen (secondary N) is 3. The molecule has 12 nitrogen and oxygen atoms in total. The van der Waals surface area contributed by atoms with Crippen molar-refractivity contribution in [3.8, 4) is 0 Å². The van der Waals surface area contributed by atoms with E-state index in [0.717, 1.165) is 96.9 Å². The maximum Gasteiger partial charge on any atom is 1.00 e. The molecule has 394 valence electrons. The van der Waals surface area contributed by atoms with Gasteiger partial charge in [0.15, 0.2) is 0 Å². The Morgan fingerprint density at radius 2 is 1.73 bits per heavy atom. The minimum Gasteiger partial charge on any atom is -0.376 e. The molecule has 3 amide bonds. The summed E-state index contributed by atoms with van der Waals surface area (Å²) in [5, 5.41) is 8.95. The summed E-state index contributed by atoms with van der Waals surface area (Å²) in [6.45, 7) is 29.6. The number of nitrogens with zero attached hydrogens (tertiary/aromatic N) is 5. The van der Waals surface area contributed by atoms with Gasteiger partial charge < -0.3 is 38.7 Å². The van der Waals surface area contributed by atoms with E-state index in [1.165, 1.54) is 48.8 Å². The molecule has 14 heteroatoms. The number of aromatic nitrogens is 2. The monoisotopic (exact) mass is 1030 g/mol. The molecule has 74 heavy (non-hydrogen) atoms. The van der Waals surface area contributed by atoms with Crippen molar-refractivity contribution in [2.75, 3.05) is 55.3 Å². The third-order valence-corrected chi connectivity index (χ3v) is 15.3. The molecular formula is C60H80FKN8O4-2. The van der Waals surface area contributed by atoms with Gasteiger partial charge in [0.1, 0.15) is 17.7 Å². The number of rotatable bonds is 15. The second kappa shape index (κ2) is 27.7. The Morgan fingerprint density at radius 3 is 2.30 bits per heavy atom. The molecule has 9 rings (SSSR count). The topological polar surface area (TPSA) is 132 Å². The Labute approximate surface area is 484 Å². The van der Waals surface area contributed by atoms with Crippen LogP contribution in [0.4, 0.5) is 21.7 Å². The third-order valence-electron chi connectivity index (χ3n) is 15.3. The van der Waals surface area contributed by atoms with E-state index < -0.39 is 11.5 Å². The summed E-state index contributed by atoms with van der Waals surface area (Å²) < 4.78 is 17.0. The van der Waals surface area contributed by atoms with Crippen LogP contribution < -0.4 is 72.2 Å². The molecule has 6 heterocycles. The van der Waals surface area contributed by atoms with Crippen molar-refractivity contribution in [2.24, 2.45) is 13.0 Å². The number of piperidine rings is 1. The Hall–Kier alpha value is -4.28. The fourth-order valence-corrected chi connectivity index (χ4v) is 10.7. The van der Waals surface area contributed by atoms with E-state index in [2.05, 4.69) is 114 Å². The van der Waals surface area contributed by atoms with Crippen LogP contribution in [-0.2, 0) is 31.6 Å². The van der Waals surface area contributed by atoms with Gasteiger partial charge in [-0.1, -0.05) is 75.9 Å². The van der Waals surface area contributed by atoms with Gasteiger partial charge in [0.25, 0.3) is 0 Å². The van der Waals surface area contributed by atoms with E-state index in [0.29, 0.717) is 23.9 Å². The number of fused-ring (bicyclic) bond motifs is 3. The van der Waals surface area contributed by atoms with Crippen LogP contribution in [0, 0.1) is 39.4 Å². The minimum atomic E-state index is -0.559. The normalized spacial score (nSPS) is 18.1. The number of benzene rings is 2. The van der Waals surface area contributed by atoms with Crippen molar-refractivity contribution in [3.05, 3.63) is 131 Å². The molecule has 2 fully saturated rings. The summed E-state index contributed by atoms with van der Waals surface area (Å²) in [5.41, 5.74) is 9.97. The van der Waals surface area contributed by atoms with E-state index in [1.807, 2.05) is 59.1 Å². The molecule has 1 saturated carbocycles. The average Bonchev–Trinajstić information content (AvgIpc) is 4.10. The first kappa shape index (κ1) is 60.6.